The first-order valence-electron chi connectivity index (χ1n) is 10.3. The molecule has 2 amide bonds. The molecule has 150 valence electrons. The number of fused-ring (bicyclic) bond motifs is 3. The zero-order valence-corrected chi connectivity index (χ0v) is 16.2. The Kier molecular flexibility index (Phi) is 4.42. The molecule has 3 unspecified atom stereocenters. The molecule has 1 saturated carbocycles. The summed E-state index contributed by atoms with van der Waals surface area (Å²) in [7, 11) is 0. The molecule has 5 rings (SSSR count). The van der Waals surface area contributed by atoms with Crippen LogP contribution < -0.4 is 10.6 Å². The minimum atomic E-state index is -0.902. The summed E-state index contributed by atoms with van der Waals surface area (Å²) in [5, 5.41) is 16.4. The summed E-state index contributed by atoms with van der Waals surface area (Å²) in [6.45, 7) is 1.23. The van der Waals surface area contributed by atoms with Crippen molar-refractivity contribution >= 4 is 17.7 Å². The molecule has 0 bridgehead atoms. The molecular formula is C23H25N3O3. The van der Waals surface area contributed by atoms with Gasteiger partial charge in [0.05, 0.1) is 12.1 Å². The number of amides is 2. The zero-order chi connectivity index (χ0) is 20.0. The normalized spacial score (nSPS) is 25.0. The molecule has 0 radical (unpaired) electrons. The van der Waals surface area contributed by atoms with Gasteiger partial charge in [-0.15, -0.1) is 0 Å². The number of benzene rings is 2. The Labute approximate surface area is 169 Å². The fourth-order valence-electron chi connectivity index (χ4n) is 4.79. The number of carbonyl (C=O) groups excluding carboxylic acids is 1. The quantitative estimate of drug-likeness (QED) is 0.735. The van der Waals surface area contributed by atoms with Gasteiger partial charge in [0.2, 0.25) is 0 Å². The van der Waals surface area contributed by atoms with Crippen LogP contribution in [-0.4, -0.2) is 35.1 Å². The second-order valence-electron chi connectivity index (χ2n) is 8.36. The van der Waals surface area contributed by atoms with Crippen molar-refractivity contribution in [2.75, 3.05) is 18.4 Å². The molecule has 3 N–H and O–H groups in total. The number of carboxylic acid groups (broad SMARTS) is 1. The van der Waals surface area contributed by atoms with Gasteiger partial charge in [0.15, 0.2) is 0 Å². The zero-order valence-electron chi connectivity index (χ0n) is 16.2. The van der Waals surface area contributed by atoms with Crippen LogP contribution in [-0.2, 0) is 0 Å². The average molecular weight is 391 g/mol. The highest BCUT2D eigenvalue weighted by atomic mass is 16.4. The van der Waals surface area contributed by atoms with Gasteiger partial charge in [-0.2, -0.15) is 0 Å². The molecule has 6 heteroatoms. The summed E-state index contributed by atoms with van der Waals surface area (Å²) in [6.07, 6.45) is 2.26. The van der Waals surface area contributed by atoms with E-state index in [0.29, 0.717) is 18.0 Å². The fraction of sp³-hybridized carbons (Fsp3) is 0.391. The monoisotopic (exact) mass is 391 g/mol. The number of carbonyl (C=O) groups is 2. The molecule has 2 fully saturated rings. The van der Waals surface area contributed by atoms with E-state index >= 15 is 0 Å². The molecule has 2 heterocycles. The van der Waals surface area contributed by atoms with Gasteiger partial charge in [0.25, 0.3) is 5.91 Å². The third-order valence-electron chi connectivity index (χ3n) is 6.47. The summed E-state index contributed by atoms with van der Waals surface area (Å²) < 4.78 is 0. The minimum Gasteiger partial charge on any atom is -0.465 e. The molecule has 2 aliphatic heterocycles. The smallest absolute Gasteiger partial charge is 0.407 e. The van der Waals surface area contributed by atoms with Crippen molar-refractivity contribution in [1.29, 1.82) is 0 Å². The summed E-state index contributed by atoms with van der Waals surface area (Å²) in [5.41, 5.74) is 3.57. The summed E-state index contributed by atoms with van der Waals surface area (Å²) >= 11 is 0. The van der Waals surface area contributed by atoms with Gasteiger partial charge in [-0.3, -0.25) is 4.79 Å². The highest BCUT2D eigenvalue weighted by molar-refractivity contribution is 5.95. The Morgan fingerprint density at radius 2 is 1.90 bits per heavy atom. The van der Waals surface area contributed by atoms with Crippen LogP contribution in [0, 0.1) is 11.8 Å². The SMILES string of the molecule is O=C(NCC1CC1)c1ccc2c(c1)C1C(CCN1C(=O)O)C(c1ccccc1)N2. The molecule has 1 aliphatic carbocycles. The molecule has 0 spiro atoms. The van der Waals surface area contributed by atoms with E-state index < -0.39 is 6.09 Å². The molecule has 29 heavy (non-hydrogen) atoms. The molecule has 2 aromatic carbocycles. The number of likely N-dealkylation sites (tertiary alicyclic amines) is 1. The van der Waals surface area contributed by atoms with Gasteiger partial charge in [-0.05, 0) is 54.5 Å². The van der Waals surface area contributed by atoms with Crippen LogP contribution in [0.2, 0.25) is 0 Å². The highest BCUT2D eigenvalue weighted by Crippen LogP contribution is 2.51. The third kappa shape index (κ3) is 3.33. The van der Waals surface area contributed by atoms with Crippen molar-refractivity contribution in [3.63, 3.8) is 0 Å². The van der Waals surface area contributed by atoms with Gasteiger partial charge in [-0.25, -0.2) is 4.79 Å². The number of nitrogens with zero attached hydrogens (tertiary/aromatic N) is 1. The van der Waals surface area contributed by atoms with Crippen LogP contribution in [0.4, 0.5) is 10.5 Å². The van der Waals surface area contributed by atoms with Crippen LogP contribution in [0.3, 0.4) is 0 Å². The van der Waals surface area contributed by atoms with Crippen LogP contribution in [0.1, 0.15) is 52.8 Å². The third-order valence-corrected chi connectivity index (χ3v) is 6.47. The molecule has 6 nitrogen and oxygen atoms in total. The summed E-state index contributed by atoms with van der Waals surface area (Å²) in [6, 6.07) is 15.6. The van der Waals surface area contributed by atoms with Crippen molar-refractivity contribution in [1.82, 2.24) is 10.2 Å². The number of nitrogens with one attached hydrogen (secondary N) is 2. The van der Waals surface area contributed by atoms with Crippen molar-refractivity contribution in [2.24, 2.45) is 11.8 Å². The number of anilines is 1. The topological polar surface area (TPSA) is 81.7 Å². The molecule has 0 aromatic heterocycles. The lowest BCUT2D eigenvalue weighted by molar-refractivity contribution is 0.0951. The van der Waals surface area contributed by atoms with E-state index in [1.54, 1.807) is 0 Å². The van der Waals surface area contributed by atoms with Gasteiger partial charge >= 0.3 is 6.09 Å². The Balaban J connectivity index is 1.50. The summed E-state index contributed by atoms with van der Waals surface area (Å²) in [4.78, 5) is 26.1. The maximum atomic E-state index is 12.6. The second kappa shape index (κ2) is 7.10. The first-order chi connectivity index (χ1) is 14.1. The lowest BCUT2D eigenvalue weighted by Gasteiger charge is -2.39. The largest absolute Gasteiger partial charge is 0.465 e. The van der Waals surface area contributed by atoms with Gasteiger partial charge < -0.3 is 20.6 Å². The van der Waals surface area contributed by atoms with Crippen molar-refractivity contribution < 1.29 is 14.7 Å². The molecule has 3 atom stereocenters. The second-order valence-corrected chi connectivity index (χ2v) is 8.36. The Hall–Kier alpha value is -3.02. The minimum absolute atomic E-state index is 0.0487. The average Bonchev–Trinajstić information content (AvgIpc) is 3.46. The highest BCUT2D eigenvalue weighted by Gasteiger charge is 2.46. The fourth-order valence-corrected chi connectivity index (χ4v) is 4.79. The van der Waals surface area contributed by atoms with Crippen molar-refractivity contribution in [3.8, 4) is 0 Å². The first-order valence-corrected chi connectivity index (χ1v) is 10.3. The van der Waals surface area contributed by atoms with E-state index in [4.69, 9.17) is 0 Å². The Bertz CT molecular complexity index is 942. The van der Waals surface area contributed by atoms with Crippen LogP contribution >= 0.6 is 0 Å². The van der Waals surface area contributed by atoms with E-state index in [1.807, 2.05) is 36.4 Å². The first kappa shape index (κ1) is 18.0. The van der Waals surface area contributed by atoms with Crippen LogP contribution in [0.15, 0.2) is 48.5 Å². The summed E-state index contributed by atoms with van der Waals surface area (Å²) in [5.74, 6) is 0.665. The van der Waals surface area contributed by atoms with Crippen molar-refractivity contribution in [2.45, 2.75) is 31.3 Å². The maximum absolute atomic E-state index is 12.6. The van der Waals surface area contributed by atoms with Crippen molar-refractivity contribution in [3.05, 3.63) is 65.2 Å². The van der Waals surface area contributed by atoms with E-state index in [2.05, 4.69) is 22.8 Å². The molecule has 3 aliphatic rings. The lowest BCUT2D eigenvalue weighted by Crippen LogP contribution is -2.37. The van der Waals surface area contributed by atoms with Gasteiger partial charge in [-0.1, -0.05) is 30.3 Å². The van der Waals surface area contributed by atoms with E-state index in [9.17, 15) is 14.7 Å². The van der Waals surface area contributed by atoms with E-state index in [0.717, 1.165) is 29.8 Å². The van der Waals surface area contributed by atoms with Gasteiger partial charge in [0, 0.05) is 30.3 Å². The van der Waals surface area contributed by atoms with E-state index in [1.165, 1.54) is 17.7 Å². The van der Waals surface area contributed by atoms with Crippen LogP contribution in [0.25, 0.3) is 0 Å². The number of hydrogen-bond donors (Lipinski definition) is 3. The Morgan fingerprint density at radius 1 is 1.10 bits per heavy atom. The number of hydrogen-bond acceptors (Lipinski definition) is 3. The Morgan fingerprint density at radius 3 is 2.62 bits per heavy atom. The molecule has 2 aromatic rings. The maximum Gasteiger partial charge on any atom is 0.407 e. The van der Waals surface area contributed by atoms with Gasteiger partial charge in [0.1, 0.15) is 0 Å². The molecule has 1 saturated heterocycles. The predicted molar refractivity (Wildman–Crippen MR) is 110 cm³/mol. The molecular weight excluding hydrogens is 366 g/mol. The predicted octanol–water partition coefficient (Wildman–Crippen LogP) is 4.03. The van der Waals surface area contributed by atoms with E-state index in [-0.39, 0.29) is 23.9 Å². The lowest BCUT2D eigenvalue weighted by atomic mass is 9.79. The van der Waals surface area contributed by atoms with Crippen LogP contribution in [0.5, 0.6) is 0 Å². The number of rotatable bonds is 4. The standard InChI is InChI=1S/C23H25N3O3/c27-22(24-13-14-6-7-14)16-8-9-19-18(12-16)21-17(10-11-26(21)23(28)29)20(25-19)15-4-2-1-3-5-15/h1-5,8-9,12,14,17,20-21,25H,6-7,10-11,13H2,(H,24,27)(H,28,29).